The SMILES string of the molecule is Cn1cc(C(=O)Nc2cc(F)c(CC(=O)C(O[C@H]3CC[C@H](C(=O)O)CC3)(N3CCCC3)N3CCN(CC(F)(F)F)CC3)cc2Cl)c2ccccc21. The number of halogens is 5. The molecule has 1 unspecified atom stereocenters. The lowest BCUT2D eigenvalue weighted by atomic mass is 9.87. The molecule has 0 spiro atoms. The highest BCUT2D eigenvalue weighted by Crippen LogP contribution is 2.37. The van der Waals surface area contributed by atoms with Crippen LogP contribution in [0.1, 0.15) is 54.4 Å². The first-order valence-corrected chi connectivity index (χ1v) is 17.7. The Hall–Kier alpha value is -3.56. The van der Waals surface area contributed by atoms with Gasteiger partial charge in [0.05, 0.1) is 34.8 Å². The number of hydrogen-bond donors (Lipinski definition) is 2. The van der Waals surface area contributed by atoms with Crippen molar-refractivity contribution in [3.63, 3.8) is 0 Å². The van der Waals surface area contributed by atoms with Gasteiger partial charge in [0.15, 0.2) is 5.78 Å². The van der Waals surface area contributed by atoms with E-state index in [0.717, 1.165) is 24.4 Å². The molecular formula is C36H42ClF4N5O5. The molecule has 6 rings (SSSR count). The average Bonchev–Trinajstić information content (AvgIpc) is 3.75. The van der Waals surface area contributed by atoms with E-state index in [1.165, 1.54) is 11.0 Å². The predicted molar refractivity (Wildman–Crippen MR) is 183 cm³/mol. The van der Waals surface area contributed by atoms with Crippen LogP contribution in [0, 0.1) is 11.7 Å². The topological polar surface area (TPSA) is 107 Å². The molecule has 1 aliphatic carbocycles. The number of anilines is 1. The highest BCUT2D eigenvalue weighted by atomic mass is 35.5. The molecule has 0 bridgehead atoms. The summed E-state index contributed by atoms with van der Waals surface area (Å²) in [5, 5.41) is 13.0. The minimum atomic E-state index is -4.37. The normalized spacial score (nSPS) is 22.2. The number of carbonyl (C=O) groups excluding carboxylic acids is 2. The molecule has 2 saturated heterocycles. The standard InChI is InChI=1S/C36H42ClF4N5O5/c1-43-21-27(26-6-2-3-7-31(26)43)33(48)42-30-20-29(38)24(18-28(30)37)19-32(47)36(45-12-4-5-13-45,51-25-10-8-23(9-11-25)34(49)50)46-16-14-44(15-17-46)22-35(39,40)41/h2-3,6-7,18,20-21,23,25H,4-5,8-17,19,22H2,1H3,(H,42,48)(H,49,50)/t23-,25-,36?. The number of piperazine rings is 1. The quantitative estimate of drug-likeness (QED) is 0.234. The van der Waals surface area contributed by atoms with Gasteiger partial charge in [-0.2, -0.15) is 13.2 Å². The van der Waals surface area contributed by atoms with Gasteiger partial charge < -0.3 is 19.7 Å². The monoisotopic (exact) mass is 735 g/mol. The smallest absolute Gasteiger partial charge is 0.401 e. The number of benzene rings is 2. The number of para-hydroxylation sites is 1. The van der Waals surface area contributed by atoms with Gasteiger partial charge in [-0.1, -0.05) is 29.8 Å². The molecule has 3 heterocycles. The Labute approximate surface area is 298 Å². The molecule has 1 atom stereocenters. The zero-order chi connectivity index (χ0) is 36.5. The Morgan fingerprint density at radius 1 is 0.961 bits per heavy atom. The van der Waals surface area contributed by atoms with Crippen molar-refractivity contribution < 1.29 is 41.8 Å². The van der Waals surface area contributed by atoms with Crippen LogP contribution in [-0.4, -0.2) is 106 Å². The van der Waals surface area contributed by atoms with E-state index in [9.17, 15) is 32.7 Å². The van der Waals surface area contributed by atoms with Crippen LogP contribution in [0.3, 0.4) is 0 Å². The third kappa shape index (κ3) is 8.10. The molecule has 3 aliphatic rings. The number of carboxylic acid groups (broad SMARTS) is 1. The van der Waals surface area contributed by atoms with Gasteiger partial charge in [-0.3, -0.25) is 29.1 Å². The Morgan fingerprint density at radius 2 is 1.61 bits per heavy atom. The molecule has 15 heteroatoms. The van der Waals surface area contributed by atoms with Gasteiger partial charge in [0, 0.05) is 69.8 Å². The van der Waals surface area contributed by atoms with Crippen LogP contribution >= 0.6 is 11.6 Å². The number of alkyl halides is 3. The first kappa shape index (κ1) is 37.2. The lowest BCUT2D eigenvalue weighted by Gasteiger charge is -2.52. The highest BCUT2D eigenvalue weighted by molar-refractivity contribution is 6.34. The number of aromatic nitrogens is 1. The first-order chi connectivity index (χ1) is 24.2. The fraction of sp³-hybridized carbons (Fsp3) is 0.528. The van der Waals surface area contributed by atoms with Crippen LogP contribution in [0.25, 0.3) is 10.9 Å². The van der Waals surface area contributed by atoms with E-state index in [4.69, 9.17) is 16.3 Å². The maximum Gasteiger partial charge on any atom is 0.401 e. The third-order valence-electron chi connectivity index (χ3n) is 10.3. The van der Waals surface area contributed by atoms with Crippen molar-refractivity contribution in [2.75, 3.05) is 51.1 Å². The van der Waals surface area contributed by atoms with Crippen molar-refractivity contribution in [1.82, 2.24) is 19.3 Å². The fourth-order valence-electron chi connectivity index (χ4n) is 7.73. The minimum Gasteiger partial charge on any atom is -0.481 e. The number of ether oxygens (including phenoxy) is 1. The number of hydrogen-bond acceptors (Lipinski definition) is 7. The molecule has 1 saturated carbocycles. The van der Waals surface area contributed by atoms with Gasteiger partial charge >= 0.3 is 12.1 Å². The lowest BCUT2D eigenvalue weighted by molar-refractivity contribution is -0.262. The Kier molecular flexibility index (Phi) is 11.1. The fourth-order valence-corrected chi connectivity index (χ4v) is 7.96. The number of nitrogens with one attached hydrogen (secondary N) is 1. The molecule has 10 nitrogen and oxygen atoms in total. The van der Waals surface area contributed by atoms with Crippen molar-refractivity contribution in [2.45, 2.75) is 63.1 Å². The number of carboxylic acids is 1. The summed E-state index contributed by atoms with van der Waals surface area (Å²) in [4.78, 5) is 44.6. The molecule has 2 aromatic carbocycles. The van der Waals surface area contributed by atoms with Crippen LogP contribution in [0.5, 0.6) is 0 Å². The first-order valence-electron chi connectivity index (χ1n) is 17.3. The summed E-state index contributed by atoms with van der Waals surface area (Å²) >= 11 is 6.60. The van der Waals surface area contributed by atoms with E-state index in [2.05, 4.69) is 5.32 Å². The summed E-state index contributed by atoms with van der Waals surface area (Å²) in [5.41, 5.74) is 1.23. The Balaban J connectivity index is 1.27. The highest BCUT2D eigenvalue weighted by Gasteiger charge is 2.53. The number of carbonyl (C=O) groups is 3. The second-order valence-electron chi connectivity index (χ2n) is 13.8. The summed E-state index contributed by atoms with van der Waals surface area (Å²) in [6, 6.07) is 9.74. The number of Topliss-reactive ketones (excluding diaryl/α,β-unsaturated/α-hetero) is 1. The van der Waals surface area contributed by atoms with Gasteiger partial charge in [0.2, 0.25) is 5.85 Å². The molecule has 1 aromatic heterocycles. The second kappa shape index (κ2) is 15.2. The summed E-state index contributed by atoms with van der Waals surface area (Å²) in [6.45, 7) is 0.198. The Bertz CT molecular complexity index is 1760. The number of likely N-dealkylation sites (tertiary alicyclic amines) is 1. The van der Waals surface area contributed by atoms with Crippen LogP contribution < -0.4 is 5.32 Å². The van der Waals surface area contributed by atoms with Gasteiger partial charge in [0.25, 0.3) is 5.91 Å². The Morgan fingerprint density at radius 3 is 2.25 bits per heavy atom. The number of fused-ring (bicyclic) bond motifs is 1. The van der Waals surface area contributed by atoms with E-state index >= 15 is 4.39 Å². The summed E-state index contributed by atoms with van der Waals surface area (Å²) in [5.74, 6) is -4.86. The van der Waals surface area contributed by atoms with Crippen molar-refractivity contribution in [3.8, 4) is 0 Å². The van der Waals surface area contributed by atoms with Crippen LogP contribution in [-0.2, 0) is 27.8 Å². The maximum atomic E-state index is 15.9. The number of amides is 1. The zero-order valence-corrected chi connectivity index (χ0v) is 29.1. The number of nitrogens with zero attached hydrogens (tertiary/aromatic N) is 4. The molecule has 51 heavy (non-hydrogen) atoms. The third-order valence-corrected chi connectivity index (χ3v) is 10.6. The average molecular weight is 736 g/mol. The van der Waals surface area contributed by atoms with E-state index in [-0.39, 0.29) is 42.5 Å². The van der Waals surface area contributed by atoms with Crippen LogP contribution in [0.15, 0.2) is 42.6 Å². The molecule has 3 fully saturated rings. The molecule has 2 aliphatic heterocycles. The number of aryl methyl sites for hydroxylation is 1. The zero-order valence-electron chi connectivity index (χ0n) is 28.4. The minimum absolute atomic E-state index is 0.0215. The number of ketones is 1. The summed E-state index contributed by atoms with van der Waals surface area (Å²) in [6.07, 6.45) is -0.594. The van der Waals surface area contributed by atoms with E-state index < -0.39 is 60.5 Å². The molecule has 3 aromatic rings. The maximum absolute atomic E-state index is 15.9. The van der Waals surface area contributed by atoms with Gasteiger partial charge in [-0.05, 0) is 62.3 Å². The van der Waals surface area contributed by atoms with Crippen LogP contribution in [0.2, 0.25) is 5.02 Å². The number of rotatable bonds is 11. The lowest BCUT2D eigenvalue weighted by Crippen LogP contribution is -2.71. The van der Waals surface area contributed by atoms with Gasteiger partial charge in [-0.15, -0.1) is 0 Å². The van der Waals surface area contributed by atoms with Crippen molar-refractivity contribution in [1.29, 1.82) is 0 Å². The predicted octanol–water partition coefficient (Wildman–Crippen LogP) is 5.92. The van der Waals surface area contributed by atoms with Crippen molar-refractivity contribution in [2.24, 2.45) is 13.0 Å². The largest absolute Gasteiger partial charge is 0.481 e. The molecule has 1 amide bonds. The van der Waals surface area contributed by atoms with Crippen molar-refractivity contribution >= 4 is 45.9 Å². The van der Waals surface area contributed by atoms with E-state index in [1.807, 2.05) is 40.8 Å². The summed E-state index contributed by atoms with van der Waals surface area (Å²) < 4.78 is 64.2. The molecule has 2 N–H and O–H groups in total. The van der Waals surface area contributed by atoms with Gasteiger partial charge in [0.1, 0.15) is 5.82 Å². The van der Waals surface area contributed by atoms with Crippen molar-refractivity contribution in [3.05, 3.63) is 64.6 Å². The van der Waals surface area contributed by atoms with E-state index in [0.29, 0.717) is 49.7 Å². The van der Waals surface area contributed by atoms with Crippen LogP contribution in [0.4, 0.5) is 23.2 Å². The summed E-state index contributed by atoms with van der Waals surface area (Å²) in [7, 11) is 1.81. The number of aliphatic carboxylic acids is 1. The molecule has 276 valence electrons. The van der Waals surface area contributed by atoms with Gasteiger partial charge in [-0.25, -0.2) is 4.39 Å². The molecular weight excluding hydrogens is 694 g/mol. The van der Waals surface area contributed by atoms with E-state index in [1.54, 1.807) is 11.1 Å². The second-order valence-corrected chi connectivity index (χ2v) is 14.2. The molecule has 0 radical (unpaired) electrons.